The van der Waals surface area contributed by atoms with Crippen molar-refractivity contribution >= 4 is 0 Å². The fourth-order valence-electron chi connectivity index (χ4n) is 4.39. The van der Waals surface area contributed by atoms with Crippen LogP contribution < -0.4 is 0 Å². The van der Waals surface area contributed by atoms with Crippen LogP contribution in [0.1, 0.15) is 56.1 Å². The molecule has 1 aromatic rings. The lowest BCUT2D eigenvalue weighted by molar-refractivity contribution is -0.0628. The van der Waals surface area contributed by atoms with Gasteiger partial charge in [0.15, 0.2) is 0 Å². The molecule has 2 fully saturated rings. The lowest BCUT2D eigenvalue weighted by Gasteiger charge is -2.44. The largest absolute Gasteiger partial charge is 0.374 e. The molecule has 0 aromatic heterocycles. The summed E-state index contributed by atoms with van der Waals surface area (Å²) in [6.07, 6.45) is 9.09. The second-order valence-corrected chi connectivity index (χ2v) is 6.84. The van der Waals surface area contributed by atoms with E-state index in [0.29, 0.717) is 0 Å². The quantitative estimate of drug-likeness (QED) is 0.823. The number of aryl methyl sites for hydroxylation is 1. The number of likely N-dealkylation sites (tertiary alicyclic amines) is 1. The summed E-state index contributed by atoms with van der Waals surface area (Å²) in [7, 11) is 1.90. The Morgan fingerprint density at radius 1 is 1.05 bits per heavy atom. The third-order valence-electron chi connectivity index (χ3n) is 5.70. The van der Waals surface area contributed by atoms with Crippen LogP contribution in [-0.4, -0.2) is 31.1 Å². The summed E-state index contributed by atoms with van der Waals surface area (Å²) < 4.78 is 6.06. The number of hydrogen-bond acceptors (Lipinski definition) is 2. The van der Waals surface area contributed by atoms with E-state index in [1.807, 2.05) is 7.11 Å². The number of ether oxygens (including phenoxy) is 1. The van der Waals surface area contributed by atoms with E-state index < -0.39 is 0 Å². The van der Waals surface area contributed by atoms with E-state index in [1.54, 1.807) is 0 Å². The number of piperidine rings is 1. The first-order chi connectivity index (χ1) is 10.2. The highest BCUT2D eigenvalue weighted by atomic mass is 16.5. The van der Waals surface area contributed by atoms with Crippen LogP contribution in [0.2, 0.25) is 0 Å². The zero-order valence-corrected chi connectivity index (χ0v) is 13.6. The molecule has 2 aliphatic rings. The van der Waals surface area contributed by atoms with Gasteiger partial charge in [-0.1, -0.05) is 30.7 Å². The average molecular weight is 287 g/mol. The van der Waals surface area contributed by atoms with Crippen molar-refractivity contribution in [2.24, 2.45) is 0 Å². The molecule has 0 atom stereocenters. The van der Waals surface area contributed by atoms with Gasteiger partial charge in [0.2, 0.25) is 0 Å². The molecular weight excluding hydrogens is 258 g/mol. The average Bonchev–Trinajstić information content (AvgIpc) is 2.56. The van der Waals surface area contributed by atoms with Crippen molar-refractivity contribution in [2.45, 2.75) is 63.5 Å². The van der Waals surface area contributed by atoms with Crippen LogP contribution >= 0.6 is 0 Å². The normalized spacial score (nSPS) is 31.2. The Morgan fingerprint density at radius 2 is 1.71 bits per heavy atom. The zero-order valence-electron chi connectivity index (χ0n) is 13.6. The minimum Gasteiger partial charge on any atom is -0.374 e. The van der Waals surface area contributed by atoms with Gasteiger partial charge >= 0.3 is 0 Å². The Labute approximate surface area is 129 Å². The van der Waals surface area contributed by atoms with Gasteiger partial charge in [-0.2, -0.15) is 0 Å². The standard InChI is InChI=1S/C19H29NO/c1-16-8-4-5-9-18(16)19(21-2)12-10-17(11-13-19)20-14-6-3-7-15-20/h4-5,8-9,17H,3,6-7,10-15H2,1-2H3. The first-order valence-electron chi connectivity index (χ1n) is 8.60. The van der Waals surface area contributed by atoms with Crippen molar-refractivity contribution in [1.82, 2.24) is 4.90 Å². The zero-order chi connectivity index (χ0) is 14.7. The van der Waals surface area contributed by atoms with Crippen LogP contribution in [0.3, 0.4) is 0 Å². The molecule has 1 aromatic carbocycles. The highest BCUT2D eigenvalue weighted by Gasteiger charge is 2.39. The summed E-state index contributed by atoms with van der Waals surface area (Å²) in [4.78, 5) is 2.74. The second kappa shape index (κ2) is 6.50. The molecule has 1 saturated carbocycles. The molecule has 0 N–H and O–H groups in total. The van der Waals surface area contributed by atoms with Gasteiger partial charge in [-0.25, -0.2) is 0 Å². The highest BCUT2D eigenvalue weighted by Crippen LogP contribution is 2.42. The first-order valence-corrected chi connectivity index (χ1v) is 8.60. The summed E-state index contributed by atoms with van der Waals surface area (Å²) >= 11 is 0. The van der Waals surface area contributed by atoms with Crippen molar-refractivity contribution in [3.8, 4) is 0 Å². The van der Waals surface area contributed by atoms with E-state index >= 15 is 0 Å². The molecule has 116 valence electrons. The molecule has 3 rings (SSSR count). The Bertz CT molecular complexity index is 456. The minimum absolute atomic E-state index is 0.0440. The van der Waals surface area contributed by atoms with Crippen molar-refractivity contribution in [3.05, 3.63) is 35.4 Å². The maximum atomic E-state index is 6.06. The van der Waals surface area contributed by atoms with Crippen LogP contribution in [0.15, 0.2) is 24.3 Å². The number of methoxy groups -OCH3 is 1. The monoisotopic (exact) mass is 287 g/mol. The fraction of sp³-hybridized carbons (Fsp3) is 0.684. The highest BCUT2D eigenvalue weighted by molar-refractivity contribution is 5.32. The third kappa shape index (κ3) is 3.02. The fourth-order valence-corrected chi connectivity index (χ4v) is 4.39. The van der Waals surface area contributed by atoms with Crippen molar-refractivity contribution in [1.29, 1.82) is 0 Å². The van der Waals surface area contributed by atoms with E-state index in [1.165, 1.54) is 56.3 Å². The topological polar surface area (TPSA) is 12.5 Å². The molecule has 2 heteroatoms. The third-order valence-corrected chi connectivity index (χ3v) is 5.70. The summed E-state index contributed by atoms with van der Waals surface area (Å²) in [5.74, 6) is 0. The predicted molar refractivity (Wildman–Crippen MR) is 87.5 cm³/mol. The Morgan fingerprint density at radius 3 is 2.33 bits per heavy atom. The van der Waals surface area contributed by atoms with Crippen LogP contribution in [0.5, 0.6) is 0 Å². The van der Waals surface area contributed by atoms with Gasteiger partial charge < -0.3 is 9.64 Å². The van der Waals surface area contributed by atoms with Crippen molar-refractivity contribution in [3.63, 3.8) is 0 Å². The maximum Gasteiger partial charge on any atom is 0.0931 e. The summed E-state index contributed by atoms with van der Waals surface area (Å²) in [6, 6.07) is 9.55. The smallest absolute Gasteiger partial charge is 0.0931 e. The molecular formula is C19H29NO. The molecule has 1 aliphatic carbocycles. The van der Waals surface area contributed by atoms with Crippen LogP contribution in [0.25, 0.3) is 0 Å². The van der Waals surface area contributed by atoms with E-state index in [2.05, 4.69) is 36.1 Å². The molecule has 0 amide bonds. The van der Waals surface area contributed by atoms with Gasteiger partial charge in [0.05, 0.1) is 5.60 Å². The molecule has 21 heavy (non-hydrogen) atoms. The van der Waals surface area contributed by atoms with Crippen LogP contribution in [0, 0.1) is 6.92 Å². The number of benzene rings is 1. The SMILES string of the molecule is COC1(c2ccccc2C)CCC(N2CCCCC2)CC1. The Kier molecular flexibility index (Phi) is 4.66. The summed E-state index contributed by atoms with van der Waals surface area (Å²) in [6.45, 7) is 4.84. The molecule has 2 nitrogen and oxygen atoms in total. The van der Waals surface area contributed by atoms with Gasteiger partial charge in [0.1, 0.15) is 0 Å². The van der Waals surface area contributed by atoms with Crippen LogP contribution in [0.4, 0.5) is 0 Å². The second-order valence-electron chi connectivity index (χ2n) is 6.84. The molecule has 0 spiro atoms. The van der Waals surface area contributed by atoms with Crippen molar-refractivity contribution < 1.29 is 4.74 Å². The number of hydrogen-bond donors (Lipinski definition) is 0. The Balaban J connectivity index is 1.71. The molecule has 0 unspecified atom stereocenters. The number of nitrogens with zero attached hydrogens (tertiary/aromatic N) is 1. The van der Waals surface area contributed by atoms with Crippen LogP contribution in [-0.2, 0) is 10.3 Å². The lowest BCUT2D eigenvalue weighted by atomic mass is 9.75. The molecule has 1 saturated heterocycles. The number of rotatable bonds is 3. The lowest BCUT2D eigenvalue weighted by Crippen LogP contribution is -2.45. The van der Waals surface area contributed by atoms with Gasteiger partial charge in [0.25, 0.3) is 0 Å². The molecule has 0 bridgehead atoms. The molecule has 1 heterocycles. The predicted octanol–water partition coefficient (Wildman–Crippen LogP) is 4.27. The molecule has 0 radical (unpaired) electrons. The minimum atomic E-state index is -0.0440. The Hall–Kier alpha value is -0.860. The van der Waals surface area contributed by atoms with E-state index in [-0.39, 0.29) is 5.60 Å². The van der Waals surface area contributed by atoms with Gasteiger partial charge in [-0.3, -0.25) is 0 Å². The van der Waals surface area contributed by atoms with Gasteiger partial charge in [-0.15, -0.1) is 0 Å². The maximum absolute atomic E-state index is 6.06. The first kappa shape index (κ1) is 15.1. The van der Waals surface area contributed by atoms with E-state index in [4.69, 9.17) is 4.74 Å². The molecule has 1 aliphatic heterocycles. The van der Waals surface area contributed by atoms with Crippen molar-refractivity contribution in [2.75, 3.05) is 20.2 Å². The summed E-state index contributed by atoms with van der Waals surface area (Å²) in [5.41, 5.74) is 2.73. The van der Waals surface area contributed by atoms with E-state index in [9.17, 15) is 0 Å². The van der Waals surface area contributed by atoms with E-state index in [0.717, 1.165) is 18.9 Å². The summed E-state index contributed by atoms with van der Waals surface area (Å²) in [5, 5.41) is 0. The van der Waals surface area contributed by atoms with Gasteiger partial charge in [0, 0.05) is 13.2 Å². The van der Waals surface area contributed by atoms with Gasteiger partial charge in [-0.05, 0) is 69.7 Å².